The molecule has 0 bridgehead atoms. The molecule has 8 nitrogen and oxygen atoms in total. The zero-order valence-electron chi connectivity index (χ0n) is 14.7. The highest BCUT2D eigenvalue weighted by molar-refractivity contribution is 5.51. The lowest BCUT2D eigenvalue weighted by Crippen LogP contribution is -2.46. The van der Waals surface area contributed by atoms with Crippen molar-refractivity contribution in [2.45, 2.75) is 33.7 Å². The molecule has 0 spiro atoms. The van der Waals surface area contributed by atoms with Crippen molar-refractivity contribution in [3.05, 3.63) is 23.1 Å². The van der Waals surface area contributed by atoms with Crippen LogP contribution in [0.25, 0.3) is 0 Å². The molecule has 0 aliphatic carbocycles. The van der Waals surface area contributed by atoms with Crippen LogP contribution in [-0.4, -0.2) is 58.3 Å². The highest BCUT2D eigenvalue weighted by atomic mass is 16.5. The van der Waals surface area contributed by atoms with Gasteiger partial charge in [-0.25, -0.2) is 4.98 Å². The molecule has 1 fully saturated rings. The molecule has 1 saturated heterocycles. The number of aryl methyl sites for hydroxylation is 2. The van der Waals surface area contributed by atoms with Crippen molar-refractivity contribution >= 4 is 5.82 Å². The minimum atomic E-state index is 0.652. The highest BCUT2D eigenvalue weighted by Crippen LogP contribution is 2.25. The van der Waals surface area contributed by atoms with Gasteiger partial charge < -0.3 is 14.2 Å². The number of rotatable bonds is 5. The monoisotopic (exact) mass is 332 g/mol. The van der Waals surface area contributed by atoms with E-state index in [0.717, 1.165) is 62.2 Å². The first-order valence-electron chi connectivity index (χ1n) is 8.28. The third-order valence-electron chi connectivity index (χ3n) is 4.23. The van der Waals surface area contributed by atoms with Crippen molar-refractivity contribution in [2.24, 2.45) is 0 Å². The maximum Gasteiger partial charge on any atom is 0.226 e. The van der Waals surface area contributed by atoms with E-state index < -0.39 is 0 Å². The zero-order valence-corrected chi connectivity index (χ0v) is 14.7. The Balaban J connectivity index is 1.64. The third-order valence-corrected chi connectivity index (χ3v) is 4.23. The number of methoxy groups -OCH3 is 1. The van der Waals surface area contributed by atoms with Crippen LogP contribution in [-0.2, 0) is 13.0 Å². The Bertz CT molecular complexity index is 694. The summed E-state index contributed by atoms with van der Waals surface area (Å²) in [6, 6.07) is 0. The number of ether oxygens (including phenoxy) is 1. The third kappa shape index (κ3) is 3.48. The maximum atomic E-state index is 5.36. The van der Waals surface area contributed by atoms with Crippen LogP contribution >= 0.6 is 0 Å². The molecule has 8 heteroatoms. The molecule has 2 aromatic heterocycles. The summed E-state index contributed by atoms with van der Waals surface area (Å²) in [7, 11) is 1.64. The smallest absolute Gasteiger partial charge is 0.226 e. The van der Waals surface area contributed by atoms with Crippen molar-refractivity contribution in [2.75, 3.05) is 38.2 Å². The summed E-state index contributed by atoms with van der Waals surface area (Å²) in [6.07, 6.45) is 0.773. The molecule has 0 atom stereocenters. The number of piperazine rings is 1. The fourth-order valence-electron chi connectivity index (χ4n) is 2.91. The van der Waals surface area contributed by atoms with Gasteiger partial charge in [-0.05, 0) is 13.8 Å². The second kappa shape index (κ2) is 7.12. The van der Waals surface area contributed by atoms with Crippen molar-refractivity contribution in [1.29, 1.82) is 0 Å². The first-order chi connectivity index (χ1) is 11.6. The number of hydrogen-bond acceptors (Lipinski definition) is 8. The van der Waals surface area contributed by atoms with Gasteiger partial charge >= 0.3 is 0 Å². The van der Waals surface area contributed by atoms with E-state index in [2.05, 4.69) is 29.9 Å². The Morgan fingerprint density at radius 1 is 1.08 bits per heavy atom. The molecular weight excluding hydrogens is 308 g/mol. The molecule has 130 valence electrons. The van der Waals surface area contributed by atoms with Crippen molar-refractivity contribution in [3.63, 3.8) is 0 Å². The van der Waals surface area contributed by atoms with Crippen LogP contribution in [0, 0.1) is 13.8 Å². The molecule has 0 radical (unpaired) electrons. The summed E-state index contributed by atoms with van der Waals surface area (Å²) in [5.41, 5.74) is 0.988. The molecule has 0 amide bonds. The lowest BCUT2D eigenvalue weighted by Gasteiger charge is -2.35. The molecule has 3 heterocycles. The van der Waals surface area contributed by atoms with Gasteiger partial charge in [-0.15, -0.1) is 0 Å². The quantitative estimate of drug-likeness (QED) is 0.812. The van der Waals surface area contributed by atoms with Crippen LogP contribution in [0.4, 0.5) is 5.82 Å². The maximum absolute atomic E-state index is 5.36. The Kier molecular flexibility index (Phi) is 4.94. The molecule has 0 unspecified atom stereocenters. The zero-order chi connectivity index (χ0) is 17.1. The van der Waals surface area contributed by atoms with Gasteiger partial charge in [-0.1, -0.05) is 12.1 Å². The minimum Gasteiger partial charge on any atom is -0.481 e. The van der Waals surface area contributed by atoms with Crippen LogP contribution in [0.2, 0.25) is 0 Å². The van der Waals surface area contributed by atoms with E-state index in [0.29, 0.717) is 11.8 Å². The summed E-state index contributed by atoms with van der Waals surface area (Å²) in [4.78, 5) is 17.9. The average molecular weight is 332 g/mol. The van der Waals surface area contributed by atoms with E-state index in [1.165, 1.54) is 0 Å². The van der Waals surface area contributed by atoms with Crippen LogP contribution in [0.3, 0.4) is 0 Å². The Hall–Kier alpha value is -2.22. The second-order valence-corrected chi connectivity index (χ2v) is 5.95. The predicted molar refractivity (Wildman–Crippen MR) is 89.2 cm³/mol. The van der Waals surface area contributed by atoms with Gasteiger partial charge in [0, 0.05) is 32.6 Å². The van der Waals surface area contributed by atoms with Crippen molar-refractivity contribution in [1.82, 2.24) is 25.0 Å². The largest absolute Gasteiger partial charge is 0.481 e. The van der Waals surface area contributed by atoms with Gasteiger partial charge in [0.1, 0.15) is 11.6 Å². The summed E-state index contributed by atoms with van der Waals surface area (Å²) < 4.78 is 10.5. The summed E-state index contributed by atoms with van der Waals surface area (Å²) >= 11 is 0. The topological polar surface area (TPSA) is 80.4 Å². The van der Waals surface area contributed by atoms with Crippen molar-refractivity contribution < 1.29 is 9.26 Å². The van der Waals surface area contributed by atoms with Gasteiger partial charge in [0.05, 0.1) is 19.2 Å². The van der Waals surface area contributed by atoms with E-state index in [1.54, 1.807) is 7.11 Å². The van der Waals surface area contributed by atoms with Crippen LogP contribution in [0.1, 0.15) is 30.0 Å². The summed E-state index contributed by atoms with van der Waals surface area (Å²) in [5, 5.41) is 4.03. The van der Waals surface area contributed by atoms with Gasteiger partial charge in [-0.2, -0.15) is 9.97 Å². The van der Waals surface area contributed by atoms with Gasteiger partial charge in [-0.3, -0.25) is 4.90 Å². The van der Waals surface area contributed by atoms with Crippen LogP contribution in [0.15, 0.2) is 4.52 Å². The Morgan fingerprint density at radius 2 is 1.83 bits per heavy atom. The Morgan fingerprint density at radius 3 is 2.46 bits per heavy atom. The molecule has 0 aromatic carbocycles. The SMILES string of the molecule is CCc1nc(CN2CCN(c3nc(C)nc(OC)c3C)CC2)no1. The fraction of sp³-hybridized carbons (Fsp3) is 0.625. The second-order valence-electron chi connectivity index (χ2n) is 5.95. The minimum absolute atomic E-state index is 0.652. The molecule has 3 rings (SSSR count). The Labute approximate surface area is 141 Å². The molecule has 0 saturated carbocycles. The average Bonchev–Trinajstić information content (AvgIpc) is 3.05. The number of aromatic nitrogens is 4. The number of hydrogen-bond donors (Lipinski definition) is 0. The van der Waals surface area contributed by atoms with Gasteiger partial charge in [0.2, 0.25) is 11.8 Å². The molecular formula is C16H24N6O2. The molecule has 1 aliphatic heterocycles. The summed E-state index contributed by atoms with van der Waals surface area (Å²) in [5.74, 6) is 3.80. The van der Waals surface area contributed by atoms with E-state index >= 15 is 0 Å². The van der Waals surface area contributed by atoms with E-state index in [-0.39, 0.29) is 0 Å². The number of anilines is 1. The molecule has 0 N–H and O–H groups in total. The normalized spacial score (nSPS) is 15.8. The fourth-order valence-corrected chi connectivity index (χ4v) is 2.91. The van der Waals surface area contributed by atoms with Gasteiger partial charge in [0.25, 0.3) is 0 Å². The van der Waals surface area contributed by atoms with Crippen LogP contribution < -0.4 is 9.64 Å². The summed E-state index contributed by atoms with van der Waals surface area (Å²) in [6.45, 7) is 10.3. The van der Waals surface area contributed by atoms with E-state index in [1.807, 2.05) is 20.8 Å². The number of nitrogens with zero attached hydrogens (tertiary/aromatic N) is 6. The lowest BCUT2D eigenvalue weighted by atomic mass is 10.2. The molecule has 24 heavy (non-hydrogen) atoms. The van der Waals surface area contributed by atoms with E-state index in [4.69, 9.17) is 9.26 Å². The standard InChI is InChI=1S/C16H24N6O2/c1-5-14-19-13(20-24-14)10-21-6-8-22(9-7-21)15-11(2)16(23-4)18-12(3)17-15/h5-10H2,1-4H3. The first kappa shape index (κ1) is 16.6. The first-order valence-corrected chi connectivity index (χ1v) is 8.28. The van der Waals surface area contributed by atoms with Crippen molar-refractivity contribution in [3.8, 4) is 5.88 Å². The van der Waals surface area contributed by atoms with E-state index in [9.17, 15) is 0 Å². The highest BCUT2D eigenvalue weighted by Gasteiger charge is 2.22. The molecule has 1 aliphatic rings. The molecule has 2 aromatic rings. The van der Waals surface area contributed by atoms with Gasteiger partial charge in [0.15, 0.2) is 5.82 Å². The van der Waals surface area contributed by atoms with Crippen LogP contribution in [0.5, 0.6) is 5.88 Å². The lowest BCUT2D eigenvalue weighted by molar-refractivity contribution is 0.239. The predicted octanol–water partition coefficient (Wildman–Crippen LogP) is 1.37.